The summed E-state index contributed by atoms with van der Waals surface area (Å²) in [5, 5.41) is 0. The predicted octanol–water partition coefficient (Wildman–Crippen LogP) is 4.86. The zero-order valence-corrected chi connectivity index (χ0v) is 11.0. The summed E-state index contributed by atoms with van der Waals surface area (Å²) < 4.78 is 13.6. The molecule has 92 valence electrons. The van der Waals surface area contributed by atoms with Gasteiger partial charge in [-0.2, -0.15) is 0 Å². The van der Waals surface area contributed by atoms with E-state index >= 15 is 0 Å². The van der Waals surface area contributed by atoms with Gasteiger partial charge in [-0.3, -0.25) is 0 Å². The van der Waals surface area contributed by atoms with Crippen LogP contribution in [0.25, 0.3) is 0 Å². The van der Waals surface area contributed by atoms with Crippen molar-refractivity contribution in [2.24, 2.45) is 0 Å². The van der Waals surface area contributed by atoms with E-state index in [1.165, 1.54) is 54.6 Å². The van der Waals surface area contributed by atoms with E-state index in [4.69, 9.17) is 0 Å². The summed E-state index contributed by atoms with van der Waals surface area (Å²) in [7, 11) is 0. The van der Waals surface area contributed by atoms with Gasteiger partial charge in [0.1, 0.15) is 5.82 Å². The number of halogens is 1. The Hall–Kier alpha value is -1.28. The van der Waals surface area contributed by atoms with E-state index in [-0.39, 0.29) is 5.82 Å². The Morgan fingerprint density at radius 2 is 1.67 bits per heavy atom. The van der Waals surface area contributed by atoms with Crippen LogP contribution in [-0.2, 0) is 12.8 Å². The van der Waals surface area contributed by atoms with E-state index in [2.05, 4.69) is 18.2 Å². The van der Waals surface area contributed by atoms with Crippen molar-refractivity contribution in [2.45, 2.75) is 35.5 Å². The van der Waals surface area contributed by atoms with Crippen LogP contribution in [0.5, 0.6) is 0 Å². The van der Waals surface area contributed by atoms with Gasteiger partial charge < -0.3 is 0 Å². The van der Waals surface area contributed by atoms with Crippen molar-refractivity contribution in [1.82, 2.24) is 0 Å². The van der Waals surface area contributed by atoms with Crippen molar-refractivity contribution >= 4 is 11.8 Å². The maximum Gasteiger partial charge on any atom is 0.137 e. The number of benzene rings is 2. The van der Waals surface area contributed by atoms with Crippen LogP contribution in [0.2, 0.25) is 0 Å². The van der Waals surface area contributed by atoms with Gasteiger partial charge in [-0.15, -0.1) is 0 Å². The molecule has 18 heavy (non-hydrogen) atoms. The number of fused-ring (bicyclic) bond motifs is 1. The Morgan fingerprint density at radius 3 is 2.50 bits per heavy atom. The smallest absolute Gasteiger partial charge is 0.137 e. The van der Waals surface area contributed by atoms with Crippen molar-refractivity contribution in [3.05, 3.63) is 59.4 Å². The highest BCUT2D eigenvalue weighted by Crippen LogP contribution is 2.32. The van der Waals surface area contributed by atoms with Crippen molar-refractivity contribution in [2.75, 3.05) is 0 Å². The van der Waals surface area contributed by atoms with Gasteiger partial charge in [0.05, 0.1) is 0 Å². The third kappa shape index (κ3) is 2.44. The lowest BCUT2D eigenvalue weighted by Crippen LogP contribution is -2.01. The number of hydrogen-bond donors (Lipinski definition) is 0. The second kappa shape index (κ2) is 5.15. The molecular formula is C16H15FS. The monoisotopic (exact) mass is 258 g/mol. The summed E-state index contributed by atoms with van der Waals surface area (Å²) in [6.07, 6.45) is 4.94. The maximum atomic E-state index is 13.6. The summed E-state index contributed by atoms with van der Waals surface area (Å²) >= 11 is 1.51. The molecule has 1 aliphatic carbocycles. The molecule has 0 spiro atoms. The van der Waals surface area contributed by atoms with Gasteiger partial charge >= 0.3 is 0 Å². The Kier molecular flexibility index (Phi) is 3.37. The fraction of sp³-hybridized carbons (Fsp3) is 0.250. The minimum Gasteiger partial charge on any atom is -0.206 e. The molecule has 0 bridgehead atoms. The maximum absolute atomic E-state index is 13.6. The van der Waals surface area contributed by atoms with E-state index in [0.717, 1.165) is 4.90 Å². The Balaban J connectivity index is 1.87. The van der Waals surface area contributed by atoms with Crippen LogP contribution in [0.4, 0.5) is 4.39 Å². The minimum atomic E-state index is -0.139. The van der Waals surface area contributed by atoms with E-state index < -0.39 is 0 Å². The number of hydrogen-bond acceptors (Lipinski definition) is 1. The third-order valence-corrected chi connectivity index (χ3v) is 4.43. The Morgan fingerprint density at radius 1 is 0.889 bits per heavy atom. The van der Waals surface area contributed by atoms with E-state index in [9.17, 15) is 4.39 Å². The van der Waals surface area contributed by atoms with Crippen LogP contribution >= 0.6 is 11.8 Å². The zero-order valence-electron chi connectivity index (χ0n) is 10.2. The quantitative estimate of drug-likeness (QED) is 0.741. The second-order valence-corrected chi connectivity index (χ2v) is 5.79. The lowest BCUT2D eigenvalue weighted by atomic mass is 9.92. The van der Waals surface area contributed by atoms with Crippen LogP contribution in [0.1, 0.15) is 24.0 Å². The molecule has 0 atom stereocenters. The molecule has 2 aromatic carbocycles. The molecule has 0 amide bonds. The second-order valence-electron chi connectivity index (χ2n) is 4.67. The molecule has 0 fully saturated rings. The minimum absolute atomic E-state index is 0.139. The standard InChI is InChI=1S/C16H15FS/c17-15-7-3-4-8-16(15)18-14-10-9-12-5-1-2-6-13(12)11-14/h3-4,7-11H,1-2,5-6H2. The van der Waals surface area contributed by atoms with E-state index in [1.807, 2.05) is 12.1 Å². The van der Waals surface area contributed by atoms with Crippen LogP contribution in [0.3, 0.4) is 0 Å². The van der Waals surface area contributed by atoms with Crippen molar-refractivity contribution in [3.63, 3.8) is 0 Å². The Bertz CT molecular complexity index is 563. The van der Waals surface area contributed by atoms with Crippen LogP contribution < -0.4 is 0 Å². The molecule has 0 nitrogen and oxygen atoms in total. The highest BCUT2D eigenvalue weighted by Gasteiger charge is 2.10. The SMILES string of the molecule is Fc1ccccc1Sc1ccc2c(c1)CCCC2. The van der Waals surface area contributed by atoms with E-state index in [0.29, 0.717) is 4.90 Å². The molecular weight excluding hydrogens is 243 g/mol. The molecule has 0 saturated heterocycles. The average Bonchev–Trinajstić information content (AvgIpc) is 2.41. The lowest BCUT2D eigenvalue weighted by molar-refractivity contribution is 0.602. The first kappa shape index (κ1) is 11.8. The summed E-state index contributed by atoms with van der Waals surface area (Å²) in [5.41, 5.74) is 2.92. The topological polar surface area (TPSA) is 0 Å². The molecule has 0 saturated carbocycles. The van der Waals surface area contributed by atoms with Gasteiger partial charge in [0.2, 0.25) is 0 Å². The van der Waals surface area contributed by atoms with Crippen LogP contribution in [-0.4, -0.2) is 0 Å². The molecule has 0 radical (unpaired) electrons. The molecule has 0 N–H and O–H groups in total. The summed E-state index contributed by atoms with van der Waals surface area (Å²) in [5.74, 6) is -0.139. The highest BCUT2D eigenvalue weighted by molar-refractivity contribution is 7.99. The van der Waals surface area contributed by atoms with Crippen LogP contribution in [0.15, 0.2) is 52.3 Å². The van der Waals surface area contributed by atoms with Gasteiger partial charge in [0.25, 0.3) is 0 Å². The molecule has 0 unspecified atom stereocenters. The van der Waals surface area contributed by atoms with Gasteiger partial charge in [0.15, 0.2) is 0 Å². The first-order valence-electron chi connectivity index (χ1n) is 6.37. The largest absolute Gasteiger partial charge is 0.206 e. The predicted molar refractivity (Wildman–Crippen MR) is 73.6 cm³/mol. The first-order chi connectivity index (χ1) is 8.83. The summed E-state index contributed by atoms with van der Waals surface area (Å²) in [6.45, 7) is 0. The highest BCUT2D eigenvalue weighted by atomic mass is 32.2. The fourth-order valence-corrected chi connectivity index (χ4v) is 3.33. The summed E-state index contributed by atoms with van der Waals surface area (Å²) in [4.78, 5) is 1.84. The van der Waals surface area contributed by atoms with Crippen LogP contribution in [0, 0.1) is 5.82 Å². The molecule has 2 heteroatoms. The van der Waals surface area contributed by atoms with Crippen molar-refractivity contribution in [3.8, 4) is 0 Å². The summed E-state index contributed by atoms with van der Waals surface area (Å²) in [6, 6.07) is 13.5. The molecule has 0 heterocycles. The fourth-order valence-electron chi connectivity index (χ4n) is 2.43. The molecule has 0 aliphatic heterocycles. The van der Waals surface area contributed by atoms with E-state index in [1.54, 1.807) is 6.07 Å². The molecule has 1 aliphatic rings. The third-order valence-electron chi connectivity index (χ3n) is 3.38. The Labute approximate surface area is 111 Å². The molecule has 0 aromatic heterocycles. The average molecular weight is 258 g/mol. The first-order valence-corrected chi connectivity index (χ1v) is 7.19. The van der Waals surface area contributed by atoms with Gasteiger partial charge in [-0.05, 0) is 61.1 Å². The van der Waals surface area contributed by atoms with Gasteiger partial charge in [0, 0.05) is 9.79 Å². The molecule has 2 aromatic rings. The number of aryl methyl sites for hydroxylation is 2. The zero-order chi connectivity index (χ0) is 12.4. The van der Waals surface area contributed by atoms with Crippen molar-refractivity contribution in [1.29, 1.82) is 0 Å². The van der Waals surface area contributed by atoms with Gasteiger partial charge in [-0.1, -0.05) is 30.0 Å². The normalized spacial score (nSPS) is 14.3. The number of rotatable bonds is 2. The molecule has 3 rings (SSSR count). The van der Waals surface area contributed by atoms with Gasteiger partial charge in [-0.25, -0.2) is 4.39 Å². The lowest BCUT2D eigenvalue weighted by Gasteiger charge is -2.16. The van der Waals surface area contributed by atoms with Crippen molar-refractivity contribution < 1.29 is 4.39 Å².